The summed E-state index contributed by atoms with van der Waals surface area (Å²) in [6, 6.07) is 7.55. The van der Waals surface area contributed by atoms with Gasteiger partial charge in [0.15, 0.2) is 0 Å². The highest BCUT2D eigenvalue weighted by Crippen LogP contribution is 2.20. The molecule has 2 aromatic rings. The molecule has 1 aromatic heterocycles. The van der Waals surface area contributed by atoms with Crippen molar-refractivity contribution in [1.82, 2.24) is 10.1 Å². The van der Waals surface area contributed by atoms with Gasteiger partial charge in [-0.2, -0.15) is 16.7 Å². The van der Waals surface area contributed by atoms with E-state index in [0.717, 1.165) is 17.1 Å². The normalized spacial score (nSPS) is 10.6. The lowest BCUT2D eigenvalue weighted by atomic mass is 10.2. The first-order valence-electron chi connectivity index (χ1n) is 5.58. The molecule has 0 spiro atoms. The van der Waals surface area contributed by atoms with Crippen molar-refractivity contribution in [3.05, 3.63) is 30.2 Å². The van der Waals surface area contributed by atoms with E-state index in [4.69, 9.17) is 15.0 Å². The molecule has 0 aliphatic rings. The molecule has 0 saturated carbocycles. The zero-order valence-electron chi connectivity index (χ0n) is 10.1. The minimum atomic E-state index is 0.598. The van der Waals surface area contributed by atoms with Gasteiger partial charge in [0.25, 0.3) is 0 Å². The second-order valence-electron chi connectivity index (χ2n) is 3.58. The van der Waals surface area contributed by atoms with Gasteiger partial charge < -0.3 is 15.0 Å². The molecule has 5 nitrogen and oxygen atoms in total. The summed E-state index contributed by atoms with van der Waals surface area (Å²) in [5.74, 6) is 3.61. The van der Waals surface area contributed by atoms with Gasteiger partial charge in [-0.3, -0.25) is 0 Å². The number of ether oxygens (including phenoxy) is 1. The summed E-state index contributed by atoms with van der Waals surface area (Å²) in [6.45, 7) is 0.657. The van der Waals surface area contributed by atoms with E-state index in [2.05, 4.69) is 10.1 Å². The third-order valence-electron chi connectivity index (χ3n) is 2.30. The molecule has 2 N–H and O–H groups in total. The Bertz CT molecular complexity index is 484. The largest absolute Gasteiger partial charge is 0.497 e. The van der Waals surface area contributed by atoms with E-state index in [1.807, 2.05) is 24.3 Å². The van der Waals surface area contributed by atoms with Crippen molar-refractivity contribution < 1.29 is 9.26 Å². The van der Waals surface area contributed by atoms with E-state index < -0.39 is 0 Å². The maximum atomic E-state index is 5.42. The molecule has 0 atom stereocenters. The van der Waals surface area contributed by atoms with Crippen LogP contribution in [-0.4, -0.2) is 29.5 Å². The number of nitrogens with two attached hydrogens (primary N) is 1. The highest BCUT2D eigenvalue weighted by atomic mass is 32.2. The zero-order valence-corrected chi connectivity index (χ0v) is 10.9. The molecule has 1 aromatic carbocycles. The summed E-state index contributed by atoms with van der Waals surface area (Å²) in [4.78, 5) is 4.33. The van der Waals surface area contributed by atoms with Crippen molar-refractivity contribution in [3.8, 4) is 17.1 Å². The van der Waals surface area contributed by atoms with E-state index in [1.165, 1.54) is 0 Å². The lowest BCUT2D eigenvalue weighted by Crippen LogP contribution is -2.01. The molecule has 0 bridgehead atoms. The fourth-order valence-electron chi connectivity index (χ4n) is 1.41. The minimum absolute atomic E-state index is 0.598. The van der Waals surface area contributed by atoms with Gasteiger partial charge in [-0.15, -0.1) is 0 Å². The molecule has 6 heteroatoms. The molecule has 0 fully saturated rings. The minimum Gasteiger partial charge on any atom is -0.497 e. The summed E-state index contributed by atoms with van der Waals surface area (Å²) < 4.78 is 10.3. The van der Waals surface area contributed by atoms with Crippen LogP contribution in [0.15, 0.2) is 28.8 Å². The molecule has 0 aliphatic carbocycles. The van der Waals surface area contributed by atoms with E-state index in [9.17, 15) is 0 Å². The zero-order chi connectivity index (χ0) is 12.8. The van der Waals surface area contributed by atoms with Crippen LogP contribution in [0.25, 0.3) is 11.4 Å². The second kappa shape index (κ2) is 6.42. The second-order valence-corrected chi connectivity index (χ2v) is 4.69. The molecule has 0 unspecified atom stereocenters. The van der Waals surface area contributed by atoms with Crippen molar-refractivity contribution in [1.29, 1.82) is 0 Å². The van der Waals surface area contributed by atoms with Gasteiger partial charge in [-0.25, -0.2) is 0 Å². The molecule has 2 rings (SSSR count). The third-order valence-corrected chi connectivity index (χ3v) is 3.28. The van der Waals surface area contributed by atoms with Gasteiger partial charge in [-0.1, -0.05) is 5.16 Å². The van der Waals surface area contributed by atoms with Gasteiger partial charge >= 0.3 is 0 Å². The Morgan fingerprint density at radius 1 is 1.33 bits per heavy atom. The number of rotatable bonds is 6. The maximum absolute atomic E-state index is 5.42. The smallest absolute Gasteiger partial charge is 0.236 e. The Balaban J connectivity index is 2.04. The predicted octanol–water partition coefficient (Wildman–Crippen LogP) is 1.94. The van der Waals surface area contributed by atoms with Gasteiger partial charge in [0, 0.05) is 17.9 Å². The lowest BCUT2D eigenvalue weighted by Gasteiger charge is -1.98. The van der Waals surface area contributed by atoms with Crippen LogP contribution < -0.4 is 10.5 Å². The number of methoxy groups -OCH3 is 1. The Morgan fingerprint density at radius 2 is 2.11 bits per heavy atom. The van der Waals surface area contributed by atoms with Crippen LogP contribution in [0.2, 0.25) is 0 Å². The Kier molecular flexibility index (Phi) is 4.60. The van der Waals surface area contributed by atoms with E-state index in [-0.39, 0.29) is 0 Å². The van der Waals surface area contributed by atoms with Crippen LogP contribution >= 0.6 is 11.8 Å². The predicted molar refractivity (Wildman–Crippen MR) is 71.5 cm³/mol. The lowest BCUT2D eigenvalue weighted by molar-refractivity contribution is 0.391. The number of thioether (sulfide) groups is 1. The maximum Gasteiger partial charge on any atom is 0.236 e. The molecular formula is C12H15N3O2S. The molecule has 0 aliphatic heterocycles. The van der Waals surface area contributed by atoms with E-state index in [1.54, 1.807) is 18.9 Å². The molecular weight excluding hydrogens is 250 g/mol. The average molecular weight is 265 g/mol. The SMILES string of the molecule is COc1ccc(-c2noc(CSCCN)n2)cc1. The van der Waals surface area contributed by atoms with Gasteiger partial charge in [0.05, 0.1) is 12.9 Å². The van der Waals surface area contributed by atoms with Crippen LogP contribution in [-0.2, 0) is 5.75 Å². The van der Waals surface area contributed by atoms with E-state index >= 15 is 0 Å². The van der Waals surface area contributed by atoms with Gasteiger partial charge in [-0.05, 0) is 24.3 Å². The molecule has 0 amide bonds. The molecule has 96 valence electrons. The number of benzene rings is 1. The Labute approximate surface area is 110 Å². The van der Waals surface area contributed by atoms with Crippen molar-refractivity contribution >= 4 is 11.8 Å². The van der Waals surface area contributed by atoms with Crippen LogP contribution in [0.3, 0.4) is 0 Å². The monoisotopic (exact) mass is 265 g/mol. The molecule has 0 saturated heterocycles. The van der Waals surface area contributed by atoms with E-state index in [0.29, 0.717) is 24.0 Å². The Morgan fingerprint density at radius 3 is 2.78 bits per heavy atom. The quantitative estimate of drug-likeness (QED) is 0.804. The molecule has 1 heterocycles. The van der Waals surface area contributed by atoms with Crippen LogP contribution in [0.5, 0.6) is 5.75 Å². The topological polar surface area (TPSA) is 74.2 Å². The highest BCUT2D eigenvalue weighted by molar-refractivity contribution is 7.98. The number of hydrogen-bond donors (Lipinski definition) is 1. The number of hydrogen-bond acceptors (Lipinski definition) is 6. The van der Waals surface area contributed by atoms with Crippen LogP contribution in [0, 0.1) is 0 Å². The van der Waals surface area contributed by atoms with Crippen molar-refractivity contribution in [2.24, 2.45) is 5.73 Å². The average Bonchev–Trinajstić information content (AvgIpc) is 2.88. The first kappa shape index (κ1) is 12.9. The summed E-state index contributed by atoms with van der Waals surface area (Å²) in [5.41, 5.74) is 6.33. The van der Waals surface area contributed by atoms with Crippen LogP contribution in [0.1, 0.15) is 5.89 Å². The first-order valence-corrected chi connectivity index (χ1v) is 6.74. The number of nitrogens with zero attached hydrogens (tertiary/aromatic N) is 2. The molecule has 18 heavy (non-hydrogen) atoms. The summed E-state index contributed by atoms with van der Waals surface area (Å²) in [5, 5.41) is 3.95. The number of aromatic nitrogens is 2. The third kappa shape index (κ3) is 3.24. The standard InChI is InChI=1S/C12H15N3O2S/c1-16-10-4-2-9(3-5-10)12-14-11(17-15-12)8-18-7-6-13/h2-5H,6-8,13H2,1H3. The summed E-state index contributed by atoms with van der Waals surface area (Å²) >= 11 is 1.68. The fraction of sp³-hybridized carbons (Fsp3) is 0.333. The van der Waals surface area contributed by atoms with Crippen molar-refractivity contribution in [2.45, 2.75) is 5.75 Å². The summed E-state index contributed by atoms with van der Waals surface area (Å²) in [6.07, 6.45) is 0. The van der Waals surface area contributed by atoms with Crippen molar-refractivity contribution in [2.75, 3.05) is 19.4 Å². The van der Waals surface area contributed by atoms with Gasteiger partial charge in [0.2, 0.25) is 11.7 Å². The highest BCUT2D eigenvalue weighted by Gasteiger charge is 2.08. The Hall–Kier alpha value is -1.53. The van der Waals surface area contributed by atoms with Crippen molar-refractivity contribution in [3.63, 3.8) is 0 Å². The first-order chi connectivity index (χ1) is 8.83. The molecule has 0 radical (unpaired) electrons. The summed E-state index contributed by atoms with van der Waals surface area (Å²) in [7, 11) is 1.64. The fourth-order valence-corrected chi connectivity index (χ4v) is 2.02. The van der Waals surface area contributed by atoms with Crippen LogP contribution in [0.4, 0.5) is 0 Å². The van der Waals surface area contributed by atoms with Gasteiger partial charge in [0.1, 0.15) is 5.75 Å².